The molecule has 0 saturated carbocycles. The first kappa shape index (κ1) is 16.8. The van der Waals surface area contributed by atoms with Crippen LogP contribution in [0.25, 0.3) is 0 Å². The van der Waals surface area contributed by atoms with Crippen LogP contribution in [-0.2, 0) is 19.3 Å². The van der Waals surface area contributed by atoms with Crippen LogP contribution in [0.5, 0.6) is 0 Å². The number of amides is 1. The lowest BCUT2D eigenvalue weighted by Gasteiger charge is -2.10. The van der Waals surface area contributed by atoms with Crippen molar-refractivity contribution in [2.75, 3.05) is 6.26 Å². The Morgan fingerprint density at radius 2 is 2.18 bits per heavy atom. The normalized spacial score (nSPS) is 10.7. The van der Waals surface area contributed by atoms with Crippen LogP contribution in [0.3, 0.4) is 0 Å². The van der Waals surface area contributed by atoms with Gasteiger partial charge in [0.1, 0.15) is 10.6 Å². The second kappa shape index (κ2) is 7.11. The van der Waals surface area contributed by atoms with Crippen molar-refractivity contribution in [1.82, 2.24) is 14.9 Å². The molecule has 0 aliphatic rings. The summed E-state index contributed by atoms with van der Waals surface area (Å²) in [6, 6.07) is 1.84. The minimum atomic E-state index is -0.350. The molecule has 0 radical (unpaired) electrons. The van der Waals surface area contributed by atoms with Crippen LogP contribution in [0.4, 0.5) is 0 Å². The third kappa shape index (κ3) is 3.59. The molecule has 2 aromatic rings. The monoisotopic (exact) mass is 337 g/mol. The Morgan fingerprint density at radius 3 is 2.86 bits per heavy atom. The lowest BCUT2D eigenvalue weighted by atomic mass is 10.1. The van der Waals surface area contributed by atoms with Gasteiger partial charge in [0.15, 0.2) is 0 Å². The first-order valence-electron chi connectivity index (χ1n) is 6.81. The standard InChI is InChI=1S/C15H19N3O2S2/c1-9-5-10(2)18(3)15(20)13(9)14(19)16-6-11-7-22-12(17-11)8-21-4/h5,7H,6,8H2,1-4H3,(H,16,19). The third-order valence-corrected chi connectivity index (χ3v) is 5.03. The number of pyridine rings is 1. The van der Waals surface area contributed by atoms with Gasteiger partial charge in [0.25, 0.3) is 11.5 Å². The van der Waals surface area contributed by atoms with Crippen LogP contribution < -0.4 is 10.9 Å². The first-order valence-corrected chi connectivity index (χ1v) is 9.09. The Labute approximate surface area is 137 Å². The van der Waals surface area contributed by atoms with Gasteiger partial charge in [0.2, 0.25) is 0 Å². The molecule has 0 saturated heterocycles. The lowest BCUT2D eigenvalue weighted by molar-refractivity contribution is 0.0947. The Kier molecular flexibility index (Phi) is 5.42. The summed E-state index contributed by atoms with van der Waals surface area (Å²) in [6.45, 7) is 3.96. The summed E-state index contributed by atoms with van der Waals surface area (Å²) in [4.78, 5) is 29.0. The second-order valence-corrected chi connectivity index (χ2v) is 6.86. The van der Waals surface area contributed by atoms with E-state index < -0.39 is 0 Å². The van der Waals surface area contributed by atoms with E-state index in [1.165, 1.54) is 4.57 Å². The number of nitrogens with one attached hydrogen (secondary N) is 1. The molecule has 0 unspecified atom stereocenters. The molecule has 0 bridgehead atoms. The highest BCUT2D eigenvalue weighted by atomic mass is 32.2. The van der Waals surface area contributed by atoms with Crippen molar-refractivity contribution < 1.29 is 4.79 Å². The highest BCUT2D eigenvalue weighted by molar-refractivity contribution is 7.97. The van der Waals surface area contributed by atoms with Gasteiger partial charge in [-0.25, -0.2) is 4.98 Å². The number of thioether (sulfide) groups is 1. The average molecular weight is 337 g/mol. The Balaban J connectivity index is 2.13. The highest BCUT2D eigenvalue weighted by Crippen LogP contribution is 2.15. The predicted octanol–water partition coefficient (Wildman–Crippen LogP) is 2.25. The van der Waals surface area contributed by atoms with Gasteiger partial charge in [-0.2, -0.15) is 11.8 Å². The van der Waals surface area contributed by atoms with Gasteiger partial charge in [0, 0.05) is 23.9 Å². The zero-order valence-electron chi connectivity index (χ0n) is 13.1. The number of aryl methyl sites for hydroxylation is 2. The van der Waals surface area contributed by atoms with Crippen LogP contribution in [0.2, 0.25) is 0 Å². The zero-order valence-corrected chi connectivity index (χ0v) is 14.7. The minimum Gasteiger partial charge on any atom is -0.346 e. The number of aromatic nitrogens is 2. The summed E-state index contributed by atoms with van der Waals surface area (Å²) < 4.78 is 1.49. The largest absolute Gasteiger partial charge is 0.346 e. The molecule has 7 heteroatoms. The maximum Gasteiger partial charge on any atom is 0.263 e. The molecule has 0 aliphatic carbocycles. The summed E-state index contributed by atoms with van der Waals surface area (Å²) in [6.07, 6.45) is 2.03. The highest BCUT2D eigenvalue weighted by Gasteiger charge is 2.16. The van der Waals surface area contributed by atoms with Crippen LogP contribution in [0.15, 0.2) is 16.2 Å². The SMILES string of the molecule is CSCc1nc(CNC(=O)c2c(C)cc(C)n(C)c2=O)cs1. The maximum absolute atomic E-state index is 12.3. The topological polar surface area (TPSA) is 64.0 Å². The molecule has 2 aromatic heterocycles. The summed E-state index contributed by atoms with van der Waals surface area (Å²) in [5, 5.41) is 5.76. The zero-order chi connectivity index (χ0) is 16.3. The quantitative estimate of drug-likeness (QED) is 0.909. The van der Waals surface area contributed by atoms with Gasteiger partial charge in [0.05, 0.1) is 12.2 Å². The molecular weight excluding hydrogens is 318 g/mol. The summed E-state index contributed by atoms with van der Waals surface area (Å²) >= 11 is 3.30. The molecule has 22 heavy (non-hydrogen) atoms. The minimum absolute atomic E-state index is 0.202. The van der Waals surface area contributed by atoms with Crippen LogP contribution >= 0.6 is 23.1 Å². The molecule has 5 nitrogen and oxygen atoms in total. The molecule has 0 atom stereocenters. The van der Waals surface area contributed by atoms with Crippen molar-refractivity contribution >= 4 is 29.0 Å². The maximum atomic E-state index is 12.3. The number of thiazole rings is 1. The van der Waals surface area contributed by atoms with E-state index in [9.17, 15) is 9.59 Å². The van der Waals surface area contributed by atoms with Crippen molar-refractivity contribution in [3.05, 3.63) is 49.3 Å². The smallest absolute Gasteiger partial charge is 0.263 e. The number of hydrogen-bond donors (Lipinski definition) is 1. The van der Waals surface area contributed by atoms with E-state index in [0.29, 0.717) is 12.1 Å². The van der Waals surface area contributed by atoms with Crippen LogP contribution in [0.1, 0.15) is 32.3 Å². The Hall–Kier alpha value is -1.60. The molecule has 1 amide bonds. The number of rotatable bonds is 5. The van der Waals surface area contributed by atoms with Gasteiger partial charge in [-0.15, -0.1) is 11.3 Å². The molecule has 0 aliphatic heterocycles. The summed E-state index contributed by atoms with van der Waals surface area (Å²) in [5.41, 5.74) is 2.28. The van der Waals surface area contributed by atoms with E-state index in [4.69, 9.17) is 0 Å². The van der Waals surface area contributed by atoms with E-state index in [2.05, 4.69) is 10.3 Å². The molecule has 118 valence electrons. The second-order valence-electron chi connectivity index (χ2n) is 5.06. The summed E-state index contributed by atoms with van der Waals surface area (Å²) in [7, 11) is 1.67. The molecule has 1 N–H and O–H groups in total. The Morgan fingerprint density at radius 1 is 1.45 bits per heavy atom. The molecular formula is C15H19N3O2S2. The van der Waals surface area contributed by atoms with Gasteiger partial charge >= 0.3 is 0 Å². The number of carbonyl (C=O) groups excluding carboxylic acids is 1. The van der Waals surface area contributed by atoms with E-state index in [-0.39, 0.29) is 17.0 Å². The fourth-order valence-corrected chi connectivity index (χ4v) is 3.65. The predicted molar refractivity (Wildman–Crippen MR) is 91.7 cm³/mol. The van der Waals surface area contributed by atoms with Gasteiger partial charge in [-0.05, 0) is 31.7 Å². The van der Waals surface area contributed by atoms with Gasteiger partial charge in [-0.3, -0.25) is 9.59 Å². The number of hydrogen-bond acceptors (Lipinski definition) is 5. The fourth-order valence-electron chi connectivity index (χ4n) is 2.13. The van der Waals surface area contributed by atoms with Crippen molar-refractivity contribution in [2.45, 2.75) is 26.1 Å². The van der Waals surface area contributed by atoms with Gasteiger partial charge < -0.3 is 9.88 Å². The molecule has 2 rings (SSSR count). The Bertz CT molecular complexity index is 750. The van der Waals surface area contributed by atoms with Crippen molar-refractivity contribution in [3.8, 4) is 0 Å². The number of carbonyl (C=O) groups is 1. The number of nitrogens with zero attached hydrogens (tertiary/aromatic N) is 2. The van der Waals surface area contributed by atoms with Crippen molar-refractivity contribution in [3.63, 3.8) is 0 Å². The van der Waals surface area contributed by atoms with E-state index in [1.54, 1.807) is 37.1 Å². The van der Waals surface area contributed by atoms with Crippen molar-refractivity contribution in [2.24, 2.45) is 7.05 Å². The molecule has 0 aromatic carbocycles. The first-order chi connectivity index (χ1) is 10.4. The molecule has 2 heterocycles. The van der Waals surface area contributed by atoms with Crippen LogP contribution in [0, 0.1) is 13.8 Å². The van der Waals surface area contributed by atoms with Crippen LogP contribution in [-0.4, -0.2) is 21.7 Å². The van der Waals surface area contributed by atoms with E-state index in [0.717, 1.165) is 22.1 Å². The van der Waals surface area contributed by atoms with Crippen molar-refractivity contribution in [1.29, 1.82) is 0 Å². The van der Waals surface area contributed by atoms with E-state index >= 15 is 0 Å². The third-order valence-electron chi connectivity index (χ3n) is 3.39. The summed E-state index contributed by atoms with van der Waals surface area (Å²) in [5.74, 6) is 0.522. The lowest BCUT2D eigenvalue weighted by Crippen LogP contribution is -2.33. The van der Waals surface area contributed by atoms with E-state index in [1.807, 2.05) is 24.6 Å². The molecule has 0 spiro atoms. The average Bonchev–Trinajstić information content (AvgIpc) is 2.91. The molecule has 0 fully saturated rings. The fraction of sp³-hybridized carbons (Fsp3) is 0.400. The van der Waals surface area contributed by atoms with Gasteiger partial charge in [-0.1, -0.05) is 0 Å².